The quantitative estimate of drug-likeness (QED) is 0.0842. The van der Waals surface area contributed by atoms with E-state index < -0.39 is 61.3 Å². The van der Waals surface area contributed by atoms with E-state index in [1.807, 2.05) is 0 Å². The van der Waals surface area contributed by atoms with E-state index in [4.69, 9.17) is 19.8 Å². The molecule has 266 valence electrons. The van der Waals surface area contributed by atoms with Gasteiger partial charge in [-0.15, -0.1) is 0 Å². The van der Waals surface area contributed by atoms with E-state index in [0.717, 1.165) is 55.6 Å². The van der Waals surface area contributed by atoms with Crippen molar-refractivity contribution in [2.75, 3.05) is 23.9 Å². The SMILES string of the molecule is COC(=O)Nc1nc2ccc(S(=O)(=O)Oc3cccc(C(F)(F)F)c3)cc2[nH]1.Nc1ccc(S(=O)(=O)Oc2cccc(C(F)(F)F)c2)cc1N. The van der Waals surface area contributed by atoms with Gasteiger partial charge in [-0.3, -0.25) is 5.32 Å². The molecule has 21 heteroatoms. The Morgan fingerprint density at radius 3 is 1.70 bits per heavy atom. The fourth-order valence-corrected chi connectivity index (χ4v) is 5.77. The number of alkyl halides is 6. The van der Waals surface area contributed by atoms with Gasteiger partial charge in [0, 0.05) is 0 Å². The summed E-state index contributed by atoms with van der Waals surface area (Å²) >= 11 is 0. The molecule has 0 aliphatic carbocycles. The second kappa shape index (κ2) is 14.0. The van der Waals surface area contributed by atoms with Gasteiger partial charge in [-0.25, -0.2) is 9.78 Å². The molecule has 13 nitrogen and oxygen atoms in total. The molecule has 0 saturated heterocycles. The van der Waals surface area contributed by atoms with E-state index in [-0.39, 0.29) is 32.6 Å². The molecule has 0 bridgehead atoms. The molecule has 0 spiro atoms. The Kier molecular flexibility index (Phi) is 10.4. The van der Waals surface area contributed by atoms with Crippen molar-refractivity contribution < 1.29 is 61.1 Å². The predicted molar refractivity (Wildman–Crippen MR) is 166 cm³/mol. The number of hydrogen-bond acceptors (Lipinski definition) is 11. The number of amides is 1. The van der Waals surface area contributed by atoms with Crippen molar-refractivity contribution in [3.05, 3.63) is 96.1 Å². The normalized spacial score (nSPS) is 12.1. The summed E-state index contributed by atoms with van der Waals surface area (Å²) in [6, 6.07) is 14.2. The molecule has 6 N–H and O–H groups in total. The number of aromatic amines is 1. The van der Waals surface area contributed by atoms with Crippen LogP contribution in [0.4, 0.5) is 48.5 Å². The summed E-state index contributed by atoms with van der Waals surface area (Å²) in [4.78, 5) is 17.3. The van der Waals surface area contributed by atoms with Crippen molar-refractivity contribution >= 4 is 54.7 Å². The molecule has 0 aliphatic rings. The zero-order valence-electron chi connectivity index (χ0n) is 25.0. The summed E-state index contributed by atoms with van der Waals surface area (Å²) in [5, 5.41) is 2.28. The van der Waals surface area contributed by atoms with Crippen LogP contribution in [-0.2, 0) is 37.3 Å². The third kappa shape index (κ3) is 9.25. The standard InChI is InChI=1S/C16H12F3N3O5S.C13H11F3N2O3S/c1-26-15(23)22-14-20-12-6-5-11(8-13(12)21-14)28(24,25)27-10-4-2-3-9(7-10)16(17,18)19;14-13(15,16)8-2-1-3-9(6-8)21-22(19,20)10-4-5-11(17)12(18)7-10/h2-8H,1H3,(H2,20,21,22,23);1-7H,17-18H2. The van der Waals surface area contributed by atoms with E-state index in [1.165, 1.54) is 24.3 Å². The Labute approximate surface area is 279 Å². The average Bonchev–Trinajstić information content (AvgIpc) is 3.43. The number of nitrogen functional groups attached to an aromatic ring is 2. The molecule has 5 rings (SSSR count). The molecule has 0 fully saturated rings. The first-order chi connectivity index (χ1) is 23.2. The number of carbonyl (C=O) groups excluding carboxylic acids is 1. The van der Waals surface area contributed by atoms with Crippen LogP contribution in [0.5, 0.6) is 11.5 Å². The molecule has 0 radical (unpaired) electrons. The molecule has 1 aromatic heterocycles. The number of carbonyl (C=O) groups is 1. The van der Waals surface area contributed by atoms with Gasteiger partial charge in [0.05, 0.1) is 40.6 Å². The van der Waals surface area contributed by atoms with Crippen molar-refractivity contribution in [1.82, 2.24) is 9.97 Å². The number of ether oxygens (including phenoxy) is 1. The maximum atomic E-state index is 12.8. The molecule has 1 heterocycles. The minimum atomic E-state index is -4.64. The number of H-pyrrole nitrogens is 1. The lowest BCUT2D eigenvalue weighted by atomic mass is 10.2. The highest BCUT2D eigenvalue weighted by atomic mass is 32.2. The number of aromatic nitrogens is 2. The third-order valence-corrected chi connectivity index (χ3v) is 8.72. The molecule has 50 heavy (non-hydrogen) atoms. The van der Waals surface area contributed by atoms with Crippen molar-refractivity contribution in [3.63, 3.8) is 0 Å². The number of halogens is 6. The molecule has 0 atom stereocenters. The molecule has 0 unspecified atom stereocenters. The number of nitrogens with zero attached hydrogens (tertiary/aromatic N) is 1. The van der Waals surface area contributed by atoms with Crippen LogP contribution < -0.4 is 25.2 Å². The summed E-state index contributed by atoms with van der Waals surface area (Å²) in [7, 11) is -7.57. The summed E-state index contributed by atoms with van der Waals surface area (Å²) in [5.41, 5.74) is 9.70. The average molecular weight is 748 g/mol. The van der Waals surface area contributed by atoms with Crippen molar-refractivity contribution in [2.45, 2.75) is 22.1 Å². The highest BCUT2D eigenvalue weighted by Gasteiger charge is 2.32. The van der Waals surface area contributed by atoms with Gasteiger partial charge in [0.15, 0.2) is 0 Å². The fourth-order valence-electron chi connectivity index (χ4n) is 3.86. The highest BCUT2D eigenvalue weighted by molar-refractivity contribution is 7.87. The highest BCUT2D eigenvalue weighted by Crippen LogP contribution is 2.34. The van der Waals surface area contributed by atoms with Crippen LogP contribution in [0.15, 0.2) is 94.7 Å². The molecular weight excluding hydrogens is 724 g/mol. The van der Waals surface area contributed by atoms with Crippen molar-refractivity contribution in [3.8, 4) is 11.5 Å². The van der Waals surface area contributed by atoms with Crippen LogP contribution >= 0.6 is 0 Å². The summed E-state index contributed by atoms with van der Waals surface area (Å²) in [6.45, 7) is 0. The number of benzene rings is 4. The number of fused-ring (bicyclic) bond motifs is 1. The first-order valence-electron chi connectivity index (χ1n) is 13.4. The first kappa shape index (κ1) is 37.1. The van der Waals surface area contributed by atoms with E-state index in [0.29, 0.717) is 17.6 Å². The smallest absolute Gasteiger partial charge is 0.416 e. The number of rotatable bonds is 7. The fraction of sp³-hybridized carbons (Fsp3) is 0.103. The van der Waals surface area contributed by atoms with Crippen LogP contribution in [0.25, 0.3) is 11.0 Å². The predicted octanol–water partition coefficient (Wildman–Crippen LogP) is 6.17. The van der Waals surface area contributed by atoms with Gasteiger partial charge in [-0.1, -0.05) is 12.1 Å². The maximum absolute atomic E-state index is 12.8. The van der Waals surface area contributed by atoms with Crippen LogP contribution in [0.1, 0.15) is 11.1 Å². The Morgan fingerprint density at radius 2 is 1.22 bits per heavy atom. The molecule has 1 amide bonds. The topological polar surface area (TPSA) is 206 Å². The number of nitrogens with two attached hydrogens (primary N) is 2. The largest absolute Gasteiger partial charge is 0.453 e. The van der Waals surface area contributed by atoms with Gasteiger partial charge >= 0.3 is 38.7 Å². The summed E-state index contributed by atoms with van der Waals surface area (Å²) in [6.07, 6.45) is -10.0. The lowest BCUT2D eigenvalue weighted by molar-refractivity contribution is -0.138. The van der Waals surface area contributed by atoms with E-state index in [1.54, 1.807) is 0 Å². The Morgan fingerprint density at radius 1 is 0.720 bits per heavy atom. The van der Waals surface area contributed by atoms with E-state index in [9.17, 15) is 48.0 Å². The zero-order chi connectivity index (χ0) is 37.1. The van der Waals surface area contributed by atoms with Gasteiger partial charge in [0.1, 0.15) is 21.3 Å². The zero-order valence-corrected chi connectivity index (χ0v) is 26.7. The minimum absolute atomic E-state index is 0.0220. The number of anilines is 3. The van der Waals surface area contributed by atoms with Crippen LogP contribution in [0.3, 0.4) is 0 Å². The minimum Gasteiger partial charge on any atom is -0.453 e. The van der Waals surface area contributed by atoms with Gasteiger partial charge in [0.25, 0.3) is 0 Å². The van der Waals surface area contributed by atoms with Gasteiger partial charge < -0.3 is 29.6 Å². The molecule has 0 saturated carbocycles. The van der Waals surface area contributed by atoms with E-state index >= 15 is 0 Å². The Hall–Kier alpha value is -5.70. The lowest BCUT2D eigenvalue weighted by Crippen LogP contribution is -2.12. The number of imidazole rings is 1. The summed E-state index contributed by atoms with van der Waals surface area (Å²) < 4.78 is 139. The maximum Gasteiger partial charge on any atom is 0.416 e. The van der Waals surface area contributed by atoms with Gasteiger partial charge in [0.2, 0.25) is 5.95 Å². The number of nitrogens with one attached hydrogen (secondary N) is 2. The molecule has 5 aromatic rings. The lowest BCUT2D eigenvalue weighted by Gasteiger charge is -2.11. The molecule has 0 aliphatic heterocycles. The first-order valence-corrected chi connectivity index (χ1v) is 16.2. The Bertz CT molecular complexity index is 2260. The second-order valence-electron chi connectivity index (χ2n) is 9.80. The molecule has 4 aromatic carbocycles. The van der Waals surface area contributed by atoms with Crippen LogP contribution in [0, 0.1) is 0 Å². The van der Waals surface area contributed by atoms with Crippen LogP contribution in [-0.4, -0.2) is 40.0 Å². The third-order valence-electron chi connectivity index (χ3n) is 6.23. The van der Waals surface area contributed by atoms with Crippen molar-refractivity contribution in [2.24, 2.45) is 0 Å². The summed E-state index contributed by atoms with van der Waals surface area (Å²) in [5.74, 6) is -0.909. The van der Waals surface area contributed by atoms with Gasteiger partial charge in [-0.05, 0) is 72.8 Å². The second-order valence-corrected chi connectivity index (χ2v) is 12.9. The molecular formula is C29H23F6N5O8S2. The number of hydrogen-bond donors (Lipinski definition) is 4. The van der Waals surface area contributed by atoms with Crippen molar-refractivity contribution in [1.29, 1.82) is 0 Å². The van der Waals surface area contributed by atoms with Gasteiger partial charge in [-0.2, -0.15) is 43.2 Å². The monoisotopic (exact) mass is 747 g/mol. The number of methoxy groups -OCH3 is 1. The Balaban J connectivity index is 0.000000232. The van der Waals surface area contributed by atoms with Crippen LogP contribution in [0.2, 0.25) is 0 Å². The van der Waals surface area contributed by atoms with E-state index in [2.05, 4.69) is 20.0 Å².